The minimum Gasteiger partial charge on any atom is -0.378 e. The molecule has 2 amide bonds. The van der Waals surface area contributed by atoms with Gasteiger partial charge in [0.15, 0.2) is 0 Å². The van der Waals surface area contributed by atoms with Crippen molar-refractivity contribution < 1.29 is 27.5 Å². The lowest BCUT2D eigenvalue weighted by molar-refractivity contribution is -0.137. The van der Waals surface area contributed by atoms with Crippen molar-refractivity contribution in [2.24, 2.45) is 0 Å². The number of thioether (sulfide) groups is 1. The van der Waals surface area contributed by atoms with Gasteiger partial charge in [-0.1, -0.05) is 0 Å². The molecule has 0 aromatic heterocycles. The molecule has 0 bridgehead atoms. The number of alkyl halides is 3. The van der Waals surface area contributed by atoms with Crippen molar-refractivity contribution in [3.05, 3.63) is 23.8 Å². The van der Waals surface area contributed by atoms with Crippen LogP contribution in [-0.4, -0.2) is 48.3 Å². The van der Waals surface area contributed by atoms with Crippen LogP contribution in [0.25, 0.3) is 0 Å². The number of hydrogen-bond acceptors (Lipinski definition) is 4. The van der Waals surface area contributed by atoms with Gasteiger partial charge < -0.3 is 15.0 Å². The van der Waals surface area contributed by atoms with Crippen LogP contribution in [0.5, 0.6) is 0 Å². The number of halogens is 3. The number of hydrogen-bond donors (Lipinski definition) is 1. The fourth-order valence-electron chi connectivity index (χ4n) is 2.56. The van der Waals surface area contributed by atoms with E-state index in [4.69, 9.17) is 4.74 Å². The molecule has 5 nitrogen and oxygen atoms in total. The van der Waals surface area contributed by atoms with Gasteiger partial charge >= 0.3 is 6.18 Å². The third-order valence-corrected chi connectivity index (χ3v) is 5.13. The minimum atomic E-state index is -4.46. The number of nitrogens with zero attached hydrogens (tertiary/aromatic N) is 1. The molecule has 2 aliphatic heterocycles. The van der Waals surface area contributed by atoms with E-state index in [0.29, 0.717) is 31.2 Å². The highest BCUT2D eigenvalue weighted by Crippen LogP contribution is 2.40. The SMILES string of the molecule is O=C1Nc2cc(C(F)(F)F)ccc2SC1CC(=O)N1CCOCC1. The second kappa shape index (κ2) is 6.64. The highest BCUT2D eigenvalue weighted by molar-refractivity contribution is 8.01. The van der Waals surface area contributed by atoms with Crippen LogP contribution in [0.3, 0.4) is 0 Å². The lowest BCUT2D eigenvalue weighted by atomic mass is 10.1. The molecule has 130 valence electrons. The van der Waals surface area contributed by atoms with Crippen LogP contribution in [-0.2, 0) is 20.5 Å². The Balaban J connectivity index is 1.70. The van der Waals surface area contributed by atoms with Crippen LogP contribution in [0.4, 0.5) is 18.9 Å². The van der Waals surface area contributed by atoms with E-state index in [1.807, 2.05) is 0 Å². The molecule has 0 aliphatic carbocycles. The lowest BCUT2D eigenvalue weighted by Crippen LogP contribution is -2.43. The second-order valence-corrected chi connectivity index (χ2v) is 6.75. The van der Waals surface area contributed by atoms with E-state index in [0.717, 1.165) is 23.9 Å². The van der Waals surface area contributed by atoms with Gasteiger partial charge in [0.2, 0.25) is 11.8 Å². The number of amides is 2. The van der Waals surface area contributed by atoms with E-state index < -0.39 is 22.9 Å². The third kappa shape index (κ3) is 3.67. The van der Waals surface area contributed by atoms with Crippen LogP contribution in [0.1, 0.15) is 12.0 Å². The number of morpholine rings is 1. The number of nitrogens with one attached hydrogen (secondary N) is 1. The molecule has 1 saturated heterocycles. The topological polar surface area (TPSA) is 58.6 Å². The molecule has 3 rings (SSSR count). The fourth-order valence-corrected chi connectivity index (χ4v) is 3.64. The van der Waals surface area contributed by atoms with Crippen molar-refractivity contribution >= 4 is 29.3 Å². The summed E-state index contributed by atoms with van der Waals surface area (Å²) in [7, 11) is 0. The van der Waals surface area contributed by atoms with Crippen LogP contribution in [0.15, 0.2) is 23.1 Å². The Morgan fingerprint density at radius 2 is 2.04 bits per heavy atom. The quantitative estimate of drug-likeness (QED) is 0.880. The second-order valence-electron chi connectivity index (χ2n) is 5.50. The van der Waals surface area contributed by atoms with Gasteiger partial charge in [-0.05, 0) is 18.2 Å². The van der Waals surface area contributed by atoms with Gasteiger partial charge in [-0.25, -0.2) is 0 Å². The standard InChI is InChI=1S/C15H15F3N2O3S/c16-15(17,18)9-1-2-11-10(7-9)19-14(22)12(24-11)8-13(21)20-3-5-23-6-4-20/h1-2,7,12H,3-6,8H2,(H,19,22). The zero-order valence-corrected chi connectivity index (χ0v) is 13.4. The monoisotopic (exact) mass is 360 g/mol. The molecule has 1 atom stereocenters. The lowest BCUT2D eigenvalue weighted by Gasteiger charge is -2.29. The van der Waals surface area contributed by atoms with E-state index in [-0.39, 0.29) is 18.0 Å². The van der Waals surface area contributed by atoms with E-state index in [2.05, 4.69) is 5.32 Å². The Labute approximate surface area is 140 Å². The van der Waals surface area contributed by atoms with Crippen molar-refractivity contribution in [1.82, 2.24) is 4.90 Å². The molecule has 1 fully saturated rings. The summed E-state index contributed by atoms with van der Waals surface area (Å²) >= 11 is 1.12. The maximum absolute atomic E-state index is 12.7. The van der Waals surface area contributed by atoms with E-state index in [9.17, 15) is 22.8 Å². The smallest absolute Gasteiger partial charge is 0.378 e. The first-order valence-electron chi connectivity index (χ1n) is 7.39. The molecule has 0 radical (unpaired) electrons. The summed E-state index contributed by atoms with van der Waals surface area (Å²) in [6, 6.07) is 3.22. The first-order chi connectivity index (χ1) is 11.3. The number of rotatable bonds is 2. The van der Waals surface area contributed by atoms with E-state index in [1.54, 1.807) is 4.90 Å². The van der Waals surface area contributed by atoms with E-state index >= 15 is 0 Å². The normalized spacial score (nSPS) is 21.2. The summed E-state index contributed by atoms with van der Waals surface area (Å²) in [5, 5.41) is 1.83. The Morgan fingerprint density at radius 1 is 1.33 bits per heavy atom. The van der Waals surface area contributed by atoms with Gasteiger partial charge in [0.1, 0.15) is 0 Å². The van der Waals surface area contributed by atoms with Gasteiger partial charge in [0.05, 0.1) is 29.7 Å². The fraction of sp³-hybridized carbons (Fsp3) is 0.467. The van der Waals surface area contributed by atoms with Crippen molar-refractivity contribution in [3.8, 4) is 0 Å². The van der Waals surface area contributed by atoms with Crippen LogP contribution >= 0.6 is 11.8 Å². The number of carbonyl (C=O) groups excluding carboxylic acids is 2. The molecular formula is C15H15F3N2O3S. The number of ether oxygens (including phenoxy) is 1. The number of benzene rings is 1. The minimum absolute atomic E-state index is 0.0109. The third-order valence-electron chi connectivity index (χ3n) is 3.85. The molecule has 1 unspecified atom stereocenters. The maximum atomic E-state index is 12.7. The molecule has 0 spiro atoms. The first kappa shape index (κ1) is 17.1. The number of anilines is 1. The maximum Gasteiger partial charge on any atom is 0.416 e. The molecule has 9 heteroatoms. The van der Waals surface area contributed by atoms with Gasteiger partial charge in [-0.15, -0.1) is 11.8 Å². The van der Waals surface area contributed by atoms with Crippen molar-refractivity contribution in [3.63, 3.8) is 0 Å². The van der Waals surface area contributed by atoms with E-state index in [1.165, 1.54) is 6.07 Å². The Bertz CT molecular complexity index is 660. The number of fused-ring (bicyclic) bond motifs is 1. The van der Waals surface area contributed by atoms with Crippen LogP contribution < -0.4 is 5.32 Å². The molecule has 2 aliphatic rings. The molecule has 0 saturated carbocycles. The van der Waals surface area contributed by atoms with Crippen LogP contribution in [0.2, 0.25) is 0 Å². The summed E-state index contributed by atoms with van der Waals surface area (Å²) in [5.41, 5.74) is -0.681. The summed E-state index contributed by atoms with van der Waals surface area (Å²) in [5.74, 6) is -0.602. The van der Waals surface area contributed by atoms with Crippen molar-refractivity contribution in [2.75, 3.05) is 31.6 Å². The molecule has 1 aromatic carbocycles. The Hall–Kier alpha value is -1.74. The highest BCUT2D eigenvalue weighted by Gasteiger charge is 2.35. The first-order valence-corrected chi connectivity index (χ1v) is 8.27. The molecule has 2 heterocycles. The van der Waals surface area contributed by atoms with Crippen LogP contribution in [0, 0.1) is 0 Å². The highest BCUT2D eigenvalue weighted by atomic mass is 32.2. The van der Waals surface area contributed by atoms with Crippen molar-refractivity contribution in [2.45, 2.75) is 22.7 Å². The predicted molar refractivity (Wildman–Crippen MR) is 81.7 cm³/mol. The van der Waals surface area contributed by atoms with Crippen molar-refractivity contribution in [1.29, 1.82) is 0 Å². The van der Waals surface area contributed by atoms with Gasteiger partial charge in [0.25, 0.3) is 0 Å². The Kier molecular flexibility index (Phi) is 4.73. The molecule has 1 N–H and O–H groups in total. The summed E-state index contributed by atoms with van der Waals surface area (Å²) in [6.07, 6.45) is -4.45. The zero-order chi connectivity index (χ0) is 17.3. The average Bonchev–Trinajstić information content (AvgIpc) is 2.55. The summed E-state index contributed by atoms with van der Waals surface area (Å²) in [6.45, 7) is 1.92. The Morgan fingerprint density at radius 3 is 2.71 bits per heavy atom. The largest absolute Gasteiger partial charge is 0.416 e. The van der Waals surface area contributed by atoms with Gasteiger partial charge in [-0.2, -0.15) is 13.2 Å². The average molecular weight is 360 g/mol. The summed E-state index contributed by atoms with van der Waals surface area (Å²) < 4.78 is 43.4. The molecule has 1 aromatic rings. The van der Waals surface area contributed by atoms with Gasteiger partial charge in [-0.3, -0.25) is 9.59 Å². The molecular weight excluding hydrogens is 345 g/mol. The predicted octanol–water partition coefficient (Wildman–Crippen LogP) is 2.37. The number of carbonyl (C=O) groups is 2. The molecule has 24 heavy (non-hydrogen) atoms. The summed E-state index contributed by atoms with van der Waals surface area (Å²) in [4.78, 5) is 26.5. The van der Waals surface area contributed by atoms with Gasteiger partial charge in [0, 0.05) is 24.4 Å². The zero-order valence-electron chi connectivity index (χ0n) is 12.6.